The van der Waals surface area contributed by atoms with Gasteiger partial charge in [0.2, 0.25) is 5.88 Å². The summed E-state index contributed by atoms with van der Waals surface area (Å²) in [6.45, 7) is 2.11. The van der Waals surface area contributed by atoms with Crippen LogP contribution in [0.1, 0.15) is 24.4 Å². The molecule has 6 heteroatoms. The highest BCUT2D eigenvalue weighted by Crippen LogP contribution is 2.23. The van der Waals surface area contributed by atoms with Crippen LogP contribution in [0.15, 0.2) is 24.0 Å². The molecule has 0 saturated carbocycles. The molecule has 1 N–H and O–H groups in total. The second-order valence-electron chi connectivity index (χ2n) is 3.42. The van der Waals surface area contributed by atoms with E-state index in [9.17, 15) is 0 Å². The number of aromatic nitrogens is 3. The highest BCUT2D eigenvalue weighted by atomic mass is 32.1. The van der Waals surface area contributed by atoms with Crippen LogP contribution in [0, 0.1) is 0 Å². The molecule has 0 bridgehead atoms. The zero-order chi connectivity index (χ0) is 12.1. The molecule has 2 aromatic rings. The minimum atomic E-state index is 0.176. The van der Waals surface area contributed by atoms with Crippen molar-refractivity contribution in [3.63, 3.8) is 0 Å². The fourth-order valence-electron chi connectivity index (χ4n) is 1.45. The molecule has 0 radical (unpaired) electrons. The predicted octanol–water partition coefficient (Wildman–Crippen LogP) is 2.50. The normalized spacial score (nSPS) is 12.1. The fourth-order valence-corrected chi connectivity index (χ4v) is 2.23. The lowest BCUT2D eigenvalue weighted by Gasteiger charge is -2.14. The Morgan fingerprint density at radius 2 is 2.29 bits per heavy atom. The lowest BCUT2D eigenvalue weighted by Crippen LogP contribution is -2.10. The number of nitrogens with one attached hydrogen (secondary N) is 1. The van der Waals surface area contributed by atoms with Gasteiger partial charge >= 0.3 is 0 Å². The van der Waals surface area contributed by atoms with Crippen LogP contribution < -0.4 is 10.1 Å². The van der Waals surface area contributed by atoms with Crippen LogP contribution in [-0.4, -0.2) is 22.1 Å². The Labute approximate surface area is 104 Å². The molecule has 0 aromatic carbocycles. The van der Waals surface area contributed by atoms with E-state index >= 15 is 0 Å². The van der Waals surface area contributed by atoms with Gasteiger partial charge in [0.25, 0.3) is 0 Å². The van der Waals surface area contributed by atoms with Crippen molar-refractivity contribution in [1.29, 1.82) is 0 Å². The van der Waals surface area contributed by atoms with Crippen molar-refractivity contribution < 1.29 is 4.74 Å². The van der Waals surface area contributed by atoms with E-state index in [0.717, 1.165) is 17.2 Å². The predicted molar refractivity (Wildman–Crippen MR) is 67.4 cm³/mol. The van der Waals surface area contributed by atoms with Crippen molar-refractivity contribution in [2.24, 2.45) is 0 Å². The standard InChI is InChI=1S/C11H14N4OS/c1-3-8(11-12-4-5-17-11)15-9-6-10(16-2)14-7-13-9/h4-8H,3H2,1-2H3,(H,13,14,15)/t8-/m0/s1. The monoisotopic (exact) mass is 250 g/mol. The number of ether oxygens (including phenoxy) is 1. The quantitative estimate of drug-likeness (QED) is 0.883. The minimum absolute atomic E-state index is 0.176. The van der Waals surface area contributed by atoms with Crippen LogP contribution in [0.2, 0.25) is 0 Å². The van der Waals surface area contributed by atoms with Crippen LogP contribution in [0.4, 0.5) is 5.82 Å². The summed E-state index contributed by atoms with van der Waals surface area (Å²) in [5, 5.41) is 6.36. The molecule has 0 aliphatic rings. The molecule has 0 unspecified atom stereocenters. The maximum Gasteiger partial charge on any atom is 0.218 e. The number of rotatable bonds is 5. The van der Waals surface area contributed by atoms with Crippen LogP contribution in [-0.2, 0) is 0 Å². The Balaban J connectivity index is 2.13. The Hall–Kier alpha value is -1.69. The molecule has 1 atom stereocenters. The van der Waals surface area contributed by atoms with Crippen molar-refractivity contribution >= 4 is 17.2 Å². The molecule has 90 valence electrons. The second-order valence-corrected chi connectivity index (χ2v) is 4.35. The van der Waals surface area contributed by atoms with E-state index in [4.69, 9.17) is 4.74 Å². The summed E-state index contributed by atoms with van der Waals surface area (Å²) in [5.74, 6) is 1.30. The number of nitrogens with zero attached hydrogens (tertiary/aromatic N) is 3. The average molecular weight is 250 g/mol. The first kappa shape index (κ1) is 11.8. The topological polar surface area (TPSA) is 59.9 Å². The van der Waals surface area contributed by atoms with Crippen molar-refractivity contribution in [2.45, 2.75) is 19.4 Å². The third kappa shape index (κ3) is 2.91. The number of hydrogen-bond donors (Lipinski definition) is 1. The first-order valence-electron chi connectivity index (χ1n) is 5.35. The van der Waals surface area contributed by atoms with Gasteiger partial charge < -0.3 is 10.1 Å². The summed E-state index contributed by atoms with van der Waals surface area (Å²) in [6.07, 6.45) is 4.24. The van der Waals surface area contributed by atoms with Gasteiger partial charge in [-0.25, -0.2) is 15.0 Å². The summed E-state index contributed by atoms with van der Waals surface area (Å²) in [5.41, 5.74) is 0. The van der Waals surface area contributed by atoms with Gasteiger partial charge in [-0.05, 0) is 6.42 Å². The fraction of sp³-hybridized carbons (Fsp3) is 0.364. The maximum atomic E-state index is 5.06. The molecule has 0 spiro atoms. The second kappa shape index (κ2) is 5.58. The van der Waals surface area contributed by atoms with Gasteiger partial charge in [-0.3, -0.25) is 0 Å². The zero-order valence-corrected chi connectivity index (χ0v) is 10.6. The van der Waals surface area contributed by atoms with Gasteiger partial charge in [-0.1, -0.05) is 6.92 Å². The van der Waals surface area contributed by atoms with E-state index in [0.29, 0.717) is 5.88 Å². The summed E-state index contributed by atoms with van der Waals surface area (Å²) >= 11 is 1.64. The van der Waals surface area contributed by atoms with E-state index < -0.39 is 0 Å². The van der Waals surface area contributed by atoms with Crippen LogP contribution in [0.5, 0.6) is 5.88 Å². The Morgan fingerprint density at radius 3 is 2.94 bits per heavy atom. The van der Waals surface area contributed by atoms with Gasteiger partial charge in [-0.2, -0.15) is 0 Å². The summed E-state index contributed by atoms with van der Waals surface area (Å²) in [6, 6.07) is 1.95. The molecule has 2 aromatic heterocycles. The maximum absolute atomic E-state index is 5.06. The van der Waals surface area contributed by atoms with Gasteiger partial charge in [0.05, 0.1) is 13.2 Å². The molecule has 17 heavy (non-hydrogen) atoms. The minimum Gasteiger partial charge on any atom is -0.481 e. The first-order valence-corrected chi connectivity index (χ1v) is 6.23. The number of thiazole rings is 1. The van der Waals surface area contributed by atoms with Crippen molar-refractivity contribution in [3.05, 3.63) is 29.0 Å². The van der Waals surface area contributed by atoms with Crippen molar-refractivity contribution in [1.82, 2.24) is 15.0 Å². The number of methoxy groups -OCH3 is 1. The lowest BCUT2D eigenvalue weighted by molar-refractivity contribution is 0.397. The van der Waals surface area contributed by atoms with Crippen LogP contribution in [0.25, 0.3) is 0 Å². The molecule has 0 saturated heterocycles. The highest BCUT2D eigenvalue weighted by molar-refractivity contribution is 7.09. The third-order valence-corrected chi connectivity index (χ3v) is 3.22. The van der Waals surface area contributed by atoms with Crippen molar-refractivity contribution in [3.8, 4) is 5.88 Å². The molecular formula is C11H14N4OS. The van der Waals surface area contributed by atoms with E-state index in [1.165, 1.54) is 6.33 Å². The lowest BCUT2D eigenvalue weighted by atomic mass is 10.2. The molecule has 0 aliphatic heterocycles. The van der Waals surface area contributed by atoms with E-state index in [1.54, 1.807) is 24.5 Å². The number of anilines is 1. The SMILES string of the molecule is CC[C@H](Nc1cc(OC)ncn1)c1nccs1. The molecule has 0 fully saturated rings. The molecule has 0 aliphatic carbocycles. The molecule has 5 nitrogen and oxygen atoms in total. The third-order valence-electron chi connectivity index (χ3n) is 2.33. The largest absolute Gasteiger partial charge is 0.481 e. The molecule has 2 rings (SSSR count). The van der Waals surface area contributed by atoms with Crippen LogP contribution >= 0.6 is 11.3 Å². The Kier molecular flexibility index (Phi) is 3.87. The molecule has 0 amide bonds. The summed E-state index contributed by atoms with van der Waals surface area (Å²) < 4.78 is 5.06. The molecular weight excluding hydrogens is 236 g/mol. The van der Waals surface area contributed by atoms with Gasteiger partial charge in [0.1, 0.15) is 17.2 Å². The van der Waals surface area contributed by atoms with E-state index in [2.05, 4.69) is 27.2 Å². The molecule has 2 heterocycles. The van der Waals surface area contributed by atoms with Crippen LogP contribution in [0.3, 0.4) is 0 Å². The summed E-state index contributed by atoms with van der Waals surface area (Å²) in [4.78, 5) is 12.4. The van der Waals surface area contributed by atoms with Gasteiger partial charge in [0, 0.05) is 17.6 Å². The highest BCUT2D eigenvalue weighted by Gasteiger charge is 2.12. The summed E-state index contributed by atoms with van der Waals surface area (Å²) in [7, 11) is 1.59. The first-order chi connectivity index (χ1) is 8.33. The van der Waals surface area contributed by atoms with Gasteiger partial charge in [0.15, 0.2) is 0 Å². The Morgan fingerprint density at radius 1 is 1.41 bits per heavy atom. The van der Waals surface area contributed by atoms with E-state index in [-0.39, 0.29) is 6.04 Å². The zero-order valence-electron chi connectivity index (χ0n) is 9.75. The average Bonchev–Trinajstić information content (AvgIpc) is 2.90. The Bertz CT molecular complexity index is 460. The number of hydrogen-bond acceptors (Lipinski definition) is 6. The van der Waals surface area contributed by atoms with Crippen molar-refractivity contribution in [2.75, 3.05) is 12.4 Å². The van der Waals surface area contributed by atoms with Gasteiger partial charge in [-0.15, -0.1) is 11.3 Å². The smallest absolute Gasteiger partial charge is 0.218 e. The van der Waals surface area contributed by atoms with E-state index in [1.807, 2.05) is 11.6 Å².